The van der Waals surface area contributed by atoms with E-state index in [-0.39, 0.29) is 18.0 Å². The second kappa shape index (κ2) is 11.1. The number of nitrogens with one attached hydrogen (secondary N) is 1. The number of nitrogens with zero attached hydrogens (tertiary/aromatic N) is 2. The number of hydrogen-bond acceptors (Lipinski definition) is 5. The molecule has 0 spiro atoms. The minimum Gasteiger partial charge on any atom is -0.497 e. The van der Waals surface area contributed by atoms with Crippen LogP contribution in [-0.4, -0.2) is 37.3 Å². The number of pyridine rings is 1. The van der Waals surface area contributed by atoms with Gasteiger partial charge in [0.2, 0.25) is 15.9 Å². The molecule has 0 bridgehead atoms. The third kappa shape index (κ3) is 5.97. The Hall–Kier alpha value is -3.23. The topological polar surface area (TPSA) is 88.6 Å². The van der Waals surface area contributed by atoms with Gasteiger partial charge >= 0.3 is 0 Å². The molecule has 3 rings (SSSR count). The van der Waals surface area contributed by atoms with Gasteiger partial charge in [-0.2, -0.15) is 4.31 Å². The number of hydrogen-bond donors (Lipinski definition) is 1. The van der Waals surface area contributed by atoms with Crippen molar-refractivity contribution in [2.75, 3.05) is 19.0 Å². The van der Waals surface area contributed by atoms with Crippen molar-refractivity contribution < 1.29 is 17.9 Å². The van der Waals surface area contributed by atoms with E-state index in [1.54, 1.807) is 37.4 Å². The van der Waals surface area contributed by atoms with Gasteiger partial charge in [0.25, 0.3) is 0 Å². The van der Waals surface area contributed by atoms with Gasteiger partial charge in [0.15, 0.2) is 0 Å². The first-order valence-electron chi connectivity index (χ1n) is 10.8. The van der Waals surface area contributed by atoms with Crippen molar-refractivity contribution in [1.29, 1.82) is 0 Å². The zero-order chi connectivity index (χ0) is 23.8. The van der Waals surface area contributed by atoms with Gasteiger partial charge in [-0.05, 0) is 53.8 Å². The first-order chi connectivity index (χ1) is 15.9. The van der Waals surface area contributed by atoms with E-state index in [2.05, 4.69) is 10.3 Å². The summed E-state index contributed by atoms with van der Waals surface area (Å²) in [5.41, 5.74) is 3.52. The Kier molecular flexibility index (Phi) is 8.19. The molecule has 0 aliphatic heterocycles. The number of carbonyl (C=O) groups is 1. The predicted octanol–water partition coefficient (Wildman–Crippen LogP) is 4.04. The van der Waals surface area contributed by atoms with Crippen LogP contribution in [0.2, 0.25) is 0 Å². The standard InChI is InChI=1S/C25H29N3O4S/c1-4-20-8-6-9-21(5-2)25(20)27-24(29)18-28(17-19-11-13-22(32-3)14-12-19)33(30,31)23-10-7-15-26-16-23/h6-16H,4-5,17-18H2,1-3H3,(H,27,29). The Morgan fingerprint density at radius 2 is 1.67 bits per heavy atom. The molecule has 0 aliphatic carbocycles. The first kappa shape index (κ1) is 24.4. The molecule has 0 fully saturated rings. The van der Waals surface area contributed by atoms with E-state index in [1.165, 1.54) is 22.8 Å². The van der Waals surface area contributed by atoms with E-state index in [0.29, 0.717) is 5.75 Å². The number of amides is 1. The second-order valence-corrected chi connectivity index (χ2v) is 9.45. The van der Waals surface area contributed by atoms with Gasteiger partial charge in [0.1, 0.15) is 10.6 Å². The summed E-state index contributed by atoms with van der Waals surface area (Å²) in [7, 11) is -2.39. The summed E-state index contributed by atoms with van der Waals surface area (Å²) in [6.07, 6.45) is 4.31. The lowest BCUT2D eigenvalue weighted by Gasteiger charge is -2.23. The zero-order valence-electron chi connectivity index (χ0n) is 19.1. The van der Waals surface area contributed by atoms with Crippen LogP contribution in [0.4, 0.5) is 5.69 Å². The predicted molar refractivity (Wildman–Crippen MR) is 129 cm³/mol. The summed E-state index contributed by atoms with van der Waals surface area (Å²) in [5.74, 6) is 0.271. The summed E-state index contributed by atoms with van der Waals surface area (Å²) in [6, 6.07) is 16.0. The maximum absolute atomic E-state index is 13.4. The number of benzene rings is 2. The van der Waals surface area contributed by atoms with Crippen LogP contribution in [-0.2, 0) is 34.2 Å². The monoisotopic (exact) mass is 467 g/mol. The summed E-state index contributed by atoms with van der Waals surface area (Å²) in [4.78, 5) is 17.0. The summed E-state index contributed by atoms with van der Waals surface area (Å²) < 4.78 is 33.1. The van der Waals surface area contributed by atoms with Gasteiger partial charge in [-0.25, -0.2) is 8.42 Å². The number of aryl methyl sites for hydroxylation is 2. The van der Waals surface area contributed by atoms with E-state index in [1.807, 2.05) is 32.0 Å². The number of para-hydroxylation sites is 1. The Morgan fingerprint density at radius 1 is 1.00 bits per heavy atom. The van der Waals surface area contributed by atoms with E-state index >= 15 is 0 Å². The maximum atomic E-state index is 13.4. The number of methoxy groups -OCH3 is 1. The fraction of sp³-hybridized carbons (Fsp3) is 0.280. The van der Waals surface area contributed by atoms with E-state index in [9.17, 15) is 13.2 Å². The average molecular weight is 468 g/mol. The molecule has 0 atom stereocenters. The van der Waals surface area contributed by atoms with Crippen LogP contribution in [0.15, 0.2) is 71.9 Å². The van der Waals surface area contributed by atoms with Crippen molar-refractivity contribution >= 4 is 21.6 Å². The second-order valence-electron chi connectivity index (χ2n) is 7.52. The maximum Gasteiger partial charge on any atom is 0.245 e. The van der Waals surface area contributed by atoms with Crippen molar-refractivity contribution in [3.05, 3.63) is 83.7 Å². The van der Waals surface area contributed by atoms with Crippen LogP contribution in [0.25, 0.3) is 0 Å². The molecule has 0 radical (unpaired) electrons. The summed E-state index contributed by atoms with van der Waals surface area (Å²) in [6.45, 7) is 3.75. The van der Waals surface area contributed by atoms with E-state index < -0.39 is 15.9 Å². The Balaban J connectivity index is 1.90. The molecule has 8 heteroatoms. The first-order valence-corrected chi connectivity index (χ1v) is 12.3. The lowest BCUT2D eigenvalue weighted by molar-refractivity contribution is -0.116. The van der Waals surface area contributed by atoms with Crippen molar-refractivity contribution in [3.8, 4) is 5.75 Å². The van der Waals surface area contributed by atoms with Gasteiger partial charge in [-0.15, -0.1) is 0 Å². The van der Waals surface area contributed by atoms with Crippen molar-refractivity contribution in [3.63, 3.8) is 0 Å². The molecule has 174 valence electrons. The molecule has 2 aromatic carbocycles. The molecule has 33 heavy (non-hydrogen) atoms. The summed E-state index contributed by atoms with van der Waals surface area (Å²) in [5, 5.41) is 2.96. The van der Waals surface area contributed by atoms with Crippen LogP contribution in [0.3, 0.4) is 0 Å². The van der Waals surface area contributed by atoms with Crippen molar-refractivity contribution in [2.24, 2.45) is 0 Å². The molecule has 1 heterocycles. The molecular weight excluding hydrogens is 438 g/mol. The highest BCUT2D eigenvalue weighted by atomic mass is 32.2. The molecule has 1 amide bonds. The van der Waals surface area contributed by atoms with Gasteiger partial charge < -0.3 is 10.1 Å². The van der Waals surface area contributed by atoms with Crippen LogP contribution in [0, 0.1) is 0 Å². The molecule has 1 aromatic heterocycles. The quantitative estimate of drug-likeness (QED) is 0.486. The van der Waals surface area contributed by atoms with Crippen molar-refractivity contribution in [1.82, 2.24) is 9.29 Å². The van der Waals surface area contributed by atoms with Crippen LogP contribution in [0.1, 0.15) is 30.5 Å². The van der Waals surface area contributed by atoms with Crippen LogP contribution in [0.5, 0.6) is 5.75 Å². The number of ether oxygens (including phenoxy) is 1. The zero-order valence-corrected chi connectivity index (χ0v) is 19.9. The molecule has 1 N–H and O–H groups in total. The summed E-state index contributed by atoms with van der Waals surface area (Å²) >= 11 is 0. The number of carbonyl (C=O) groups excluding carboxylic acids is 1. The SMILES string of the molecule is CCc1cccc(CC)c1NC(=O)CN(Cc1ccc(OC)cc1)S(=O)(=O)c1cccnc1. The largest absolute Gasteiger partial charge is 0.497 e. The third-order valence-electron chi connectivity index (χ3n) is 5.37. The van der Waals surface area contributed by atoms with Gasteiger partial charge in [0.05, 0.1) is 13.7 Å². The Morgan fingerprint density at radius 3 is 2.21 bits per heavy atom. The number of anilines is 1. The molecule has 7 nitrogen and oxygen atoms in total. The Bertz CT molecular complexity index is 1160. The molecule has 0 unspecified atom stereocenters. The number of rotatable bonds is 10. The van der Waals surface area contributed by atoms with Gasteiger partial charge in [-0.1, -0.05) is 44.2 Å². The van der Waals surface area contributed by atoms with E-state index in [0.717, 1.165) is 35.2 Å². The number of aromatic nitrogens is 1. The minimum atomic E-state index is -3.95. The molecule has 3 aromatic rings. The van der Waals surface area contributed by atoms with E-state index in [4.69, 9.17) is 4.74 Å². The normalized spacial score (nSPS) is 11.4. The fourth-order valence-electron chi connectivity index (χ4n) is 3.55. The molecular formula is C25H29N3O4S. The number of sulfonamides is 1. The fourth-order valence-corrected chi connectivity index (χ4v) is 4.90. The Labute approximate surface area is 195 Å². The molecule has 0 aliphatic rings. The highest BCUT2D eigenvalue weighted by molar-refractivity contribution is 7.89. The molecule has 0 saturated carbocycles. The highest BCUT2D eigenvalue weighted by Crippen LogP contribution is 2.24. The van der Waals surface area contributed by atoms with Gasteiger partial charge in [0, 0.05) is 24.6 Å². The van der Waals surface area contributed by atoms with Gasteiger partial charge in [-0.3, -0.25) is 9.78 Å². The van der Waals surface area contributed by atoms with Crippen LogP contribution >= 0.6 is 0 Å². The van der Waals surface area contributed by atoms with Crippen LogP contribution < -0.4 is 10.1 Å². The smallest absolute Gasteiger partial charge is 0.245 e. The minimum absolute atomic E-state index is 0.0324. The average Bonchev–Trinajstić information content (AvgIpc) is 2.84. The third-order valence-corrected chi connectivity index (χ3v) is 7.15. The lowest BCUT2D eigenvalue weighted by atomic mass is 10.0. The molecule has 0 saturated heterocycles. The highest BCUT2D eigenvalue weighted by Gasteiger charge is 2.27. The lowest BCUT2D eigenvalue weighted by Crippen LogP contribution is -2.37. The van der Waals surface area contributed by atoms with Crippen molar-refractivity contribution in [2.45, 2.75) is 38.1 Å².